The SMILES string of the molecule is C1=COc2ccccc2C1.[V]. The van der Waals surface area contributed by atoms with Crippen LogP contribution in [0.15, 0.2) is 36.6 Å². The Morgan fingerprint density at radius 2 is 2.00 bits per heavy atom. The second-order valence-electron chi connectivity index (χ2n) is 2.30. The van der Waals surface area contributed by atoms with E-state index in [4.69, 9.17) is 4.74 Å². The normalized spacial score (nSPS) is 12.7. The van der Waals surface area contributed by atoms with Gasteiger partial charge in [-0.15, -0.1) is 0 Å². The summed E-state index contributed by atoms with van der Waals surface area (Å²) in [6, 6.07) is 8.08. The number of fused-ring (bicyclic) bond motifs is 1. The second-order valence-corrected chi connectivity index (χ2v) is 2.30. The Morgan fingerprint density at radius 1 is 1.18 bits per heavy atom. The number of hydrogen-bond acceptors (Lipinski definition) is 1. The molecule has 0 aromatic heterocycles. The largest absolute Gasteiger partial charge is 0.465 e. The van der Waals surface area contributed by atoms with Crippen LogP contribution in [0.4, 0.5) is 0 Å². The molecular formula is C9H8OV. The molecule has 0 saturated carbocycles. The van der Waals surface area contributed by atoms with Gasteiger partial charge in [0.2, 0.25) is 0 Å². The third kappa shape index (κ3) is 1.68. The van der Waals surface area contributed by atoms with Gasteiger partial charge in [-0.3, -0.25) is 0 Å². The van der Waals surface area contributed by atoms with Crippen LogP contribution < -0.4 is 4.74 Å². The van der Waals surface area contributed by atoms with Crippen molar-refractivity contribution in [1.82, 2.24) is 0 Å². The molecule has 1 aromatic rings. The molecule has 0 aliphatic carbocycles. The van der Waals surface area contributed by atoms with Gasteiger partial charge in [0.15, 0.2) is 0 Å². The number of allylic oxidation sites excluding steroid dienone is 1. The molecule has 0 spiro atoms. The predicted molar refractivity (Wildman–Crippen MR) is 39.9 cm³/mol. The first-order valence-corrected chi connectivity index (χ1v) is 3.36. The minimum Gasteiger partial charge on any atom is -0.465 e. The average molecular weight is 183 g/mol. The molecule has 55 valence electrons. The first kappa shape index (κ1) is 8.44. The van der Waals surface area contributed by atoms with Crippen molar-refractivity contribution in [3.05, 3.63) is 42.2 Å². The van der Waals surface area contributed by atoms with Crippen LogP contribution in [-0.2, 0) is 25.0 Å². The summed E-state index contributed by atoms with van der Waals surface area (Å²) in [5.74, 6) is 0.991. The zero-order chi connectivity index (χ0) is 6.81. The molecule has 1 aliphatic heterocycles. The Balaban J connectivity index is 0.000000605. The molecule has 1 heterocycles. The molecule has 1 radical (unpaired) electrons. The number of para-hydroxylation sites is 1. The summed E-state index contributed by atoms with van der Waals surface area (Å²) in [5.41, 5.74) is 1.27. The number of rotatable bonds is 0. The van der Waals surface area contributed by atoms with E-state index >= 15 is 0 Å². The van der Waals surface area contributed by atoms with Crippen LogP contribution in [0.1, 0.15) is 5.56 Å². The molecule has 0 saturated heterocycles. The van der Waals surface area contributed by atoms with Gasteiger partial charge in [0.05, 0.1) is 6.26 Å². The smallest absolute Gasteiger partial charge is 0.130 e. The van der Waals surface area contributed by atoms with Gasteiger partial charge in [-0.05, 0) is 24.1 Å². The third-order valence-corrected chi connectivity index (χ3v) is 1.60. The minimum absolute atomic E-state index is 0. The van der Waals surface area contributed by atoms with Gasteiger partial charge in [0, 0.05) is 18.6 Å². The van der Waals surface area contributed by atoms with Crippen molar-refractivity contribution in [1.29, 1.82) is 0 Å². The average Bonchev–Trinajstić information content (AvgIpc) is 2.05. The quantitative estimate of drug-likeness (QED) is 0.598. The van der Waals surface area contributed by atoms with Crippen LogP contribution in [0.2, 0.25) is 0 Å². The fraction of sp³-hybridized carbons (Fsp3) is 0.111. The summed E-state index contributed by atoms with van der Waals surface area (Å²) in [6.45, 7) is 0. The topological polar surface area (TPSA) is 9.23 Å². The number of hydrogen-bond donors (Lipinski definition) is 0. The predicted octanol–water partition coefficient (Wildman–Crippen LogP) is 2.13. The molecule has 0 unspecified atom stereocenters. The fourth-order valence-electron chi connectivity index (χ4n) is 1.08. The van der Waals surface area contributed by atoms with Crippen molar-refractivity contribution in [2.24, 2.45) is 0 Å². The summed E-state index contributed by atoms with van der Waals surface area (Å²) in [4.78, 5) is 0. The van der Waals surface area contributed by atoms with E-state index < -0.39 is 0 Å². The van der Waals surface area contributed by atoms with Crippen molar-refractivity contribution in [2.45, 2.75) is 6.42 Å². The summed E-state index contributed by atoms with van der Waals surface area (Å²) < 4.78 is 5.24. The summed E-state index contributed by atoms with van der Waals surface area (Å²) in [6.07, 6.45) is 4.75. The van der Waals surface area contributed by atoms with E-state index in [1.807, 2.05) is 24.3 Å². The Morgan fingerprint density at radius 3 is 2.82 bits per heavy atom. The van der Waals surface area contributed by atoms with E-state index in [9.17, 15) is 0 Å². The van der Waals surface area contributed by atoms with Gasteiger partial charge in [0.1, 0.15) is 5.75 Å². The van der Waals surface area contributed by atoms with Gasteiger partial charge >= 0.3 is 0 Å². The van der Waals surface area contributed by atoms with Crippen molar-refractivity contribution in [2.75, 3.05) is 0 Å². The monoisotopic (exact) mass is 183 g/mol. The maximum absolute atomic E-state index is 5.24. The Hall–Kier alpha value is -0.656. The van der Waals surface area contributed by atoms with Crippen LogP contribution in [-0.4, -0.2) is 0 Å². The van der Waals surface area contributed by atoms with Crippen LogP contribution in [0.5, 0.6) is 5.75 Å². The molecule has 0 N–H and O–H groups in total. The van der Waals surface area contributed by atoms with Crippen LogP contribution in [0.25, 0.3) is 0 Å². The first-order chi connectivity index (χ1) is 4.97. The van der Waals surface area contributed by atoms with Gasteiger partial charge in [0.25, 0.3) is 0 Å². The third-order valence-electron chi connectivity index (χ3n) is 1.60. The van der Waals surface area contributed by atoms with E-state index in [1.54, 1.807) is 6.26 Å². The molecule has 0 bridgehead atoms. The van der Waals surface area contributed by atoms with Crippen molar-refractivity contribution in [3.8, 4) is 5.75 Å². The Labute approximate surface area is 78.0 Å². The molecule has 11 heavy (non-hydrogen) atoms. The summed E-state index contributed by atoms with van der Waals surface area (Å²) >= 11 is 0. The molecule has 1 aliphatic rings. The second kappa shape index (κ2) is 3.65. The van der Waals surface area contributed by atoms with Crippen LogP contribution in [0.3, 0.4) is 0 Å². The Kier molecular flexibility index (Phi) is 2.80. The molecule has 0 amide bonds. The molecular weight excluding hydrogens is 175 g/mol. The molecule has 2 heteroatoms. The van der Waals surface area contributed by atoms with Gasteiger partial charge in [-0.25, -0.2) is 0 Å². The zero-order valence-electron chi connectivity index (χ0n) is 6.03. The fourth-order valence-corrected chi connectivity index (χ4v) is 1.08. The molecule has 0 atom stereocenters. The summed E-state index contributed by atoms with van der Waals surface area (Å²) in [7, 11) is 0. The van der Waals surface area contributed by atoms with E-state index in [0.717, 1.165) is 12.2 Å². The van der Waals surface area contributed by atoms with E-state index in [1.165, 1.54) is 5.56 Å². The van der Waals surface area contributed by atoms with Crippen molar-refractivity contribution < 1.29 is 23.3 Å². The van der Waals surface area contributed by atoms with Gasteiger partial charge < -0.3 is 4.74 Å². The molecule has 1 aromatic carbocycles. The van der Waals surface area contributed by atoms with E-state index in [0.29, 0.717) is 0 Å². The van der Waals surface area contributed by atoms with E-state index in [2.05, 4.69) is 6.07 Å². The molecule has 0 fully saturated rings. The number of benzene rings is 1. The van der Waals surface area contributed by atoms with Crippen molar-refractivity contribution >= 4 is 0 Å². The van der Waals surface area contributed by atoms with E-state index in [-0.39, 0.29) is 18.6 Å². The van der Waals surface area contributed by atoms with Crippen LogP contribution >= 0.6 is 0 Å². The minimum atomic E-state index is 0. The van der Waals surface area contributed by atoms with Gasteiger partial charge in [-0.2, -0.15) is 0 Å². The maximum atomic E-state index is 5.24. The van der Waals surface area contributed by atoms with Gasteiger partial charge in [-0.1, -0.05) is 18.2 Å². The summed E-state index contributed by atoms with van der Waals surface area (Å²) in [5, 5.41) is 0. The standard InChI is InChI=1S/C9H8O.V/c1-2-6-9-8(4-1)5-3-7-10-9;/h1-4,6-7H,5H2;. The first-order valence-electron chi connectivity index (χ1n) is 3.36. The maximum Gasteiger partial charge on any atom is 0.130 e. The zero-order valence-corrected chi connectivity index (χ0v) is 7.42. The Bertz CT molecular complexity index is 241. The number of ether oxygens (including phenoxy) is 1. The van der Waals surface area contributed by atoms with Crippen LogP contribution in [0, 0.1) is 0 Å². The van der Waals surface area contributed by atoms with Crippen molar-refractivity contribution in [3.63, 3.8) is 0 Å². The molecule has 1 nitrogen and oxygen atoms in total. The molecule has 2 rings (SSSR count).